The first-order valence-corrected chi connectivity index (χ1v) is 7.72. The third kappa shape index (κ3) is 3.40. The van der Waals surface area contributed by atoms with E-state index in [-0.39, 0.29) is 12.4 Å². The van der Waals surface area contributed by atoms with Gasteiger partial charge >= 0.3 is 5.97 Å². The second kappa shape index (κ2) is 6.74. The summed E-state index contributed by atoms with van der Waals surface area (Å²) in [6.45, 7) is 4.36. The summed E-state index contributed by atoms with van der Waals surface area (Å²) >= 11 is 0. The van der Waals surface area contributed by atoms with Crippen LogP contribution < -0.4 is 9.47 Å². The van der Waals surface area contributed by atoms with Crippen molar-refractivity contribution in [2.45, 2.75) is 13.8 Å². The number of ether oxygens (including phenoxy) is 3. The molecular weight excluding hydrogens is 308 g/mol. The molecule has 124 valence electrons. The van der Waals surface area contributed by atoms with Crippen LogP contribution >= 0.6 is 0 Å². The number of hydrogen-bond acceptors (Lipinski definition) is 5. The molecule has 0 unspecified atom stereocenters. The van der Waals surface area contributed by atoms with Crippen molar-refractivity contribution >= 4 is 11.8 Å². The summed E-state index contributed by atoms with van der Waals surface area (Å²) in [6.07, 6.45) is 0. The van der Waals surface area contributed by atoms with Gasteiger partial charge in [0.05, 0.1) is 5.56 Å². The molecule has 1 heterocycles. The molecule has 0 saturated carbocycles. The maximum absolute atomic E-state index is 12.2. The van der Waals surface area contributed by atoms with E-state index in [0.717, 1.165) is 11.1 Å². The summed E-state index contributed by atoms with van der Waals surface area (Å²) in [5.41, 5.74) is 2.68. The minimum absolute atomic E-state index is 0.286. The number of esters is 1. The summed E-state index contributed by atoms with van der Waals surface area (Å²) in [4.78, 5) is 24.4. The van der Waals surface area contributed by atoms with Gasteiger partial charge in [0.25, 0.3) is 0 Å². The fraction of sp³-hybridized carbons (Fsp3) is 0.263. The maximum atomic E-state index is 12.2. The highest BCUT2D eigenvalue weighted by Gasteiger charge is 2.17. The average Bonchev–Trinajstić information content (AvgIpc) is 2.61. The van der Waals surface area contributed by atoms with Gasteiger partial charge in [-0.2, -0.15) is 0 Å². The highest BCUT2D eigenvalue weighted by molar-refractivity contribution is 6.00. The smallest absolute Gasteiger partial charge is 0.338 e. The summed E-state index contributed by atoms with van der Waals surface area (Å²) in [5.74, 6) is 0.367. The third-order valence-electron chi connectivity index (χ3n) is 3.81. The van der Waals surface area contributed by atoms with Gasteiger partial charge in [0.2, 0.25) is 0 Å². The number of Topliss-reactive ketones (excluding diaryl/α,β-unsaturated/α-hetero) is 1. The predicted molar refractivity (Wildman–Crippen MR) is 88.0 cm³/mol. The molecule has 2 aromatic carbocycles. The third-order valence-corrected chi connectivity index (χ3v) is 3.81. The molecule has 0 amide bonds. The van der Waals surface area contributed by atoms with Crippen LogP contribution in [0.5, 0.6) is 11.5 Å². The Hall–Kier alpha value is -2.82. The van der Waals surface area contributed by atoms with Gasteiger partial charge in [0.1, 0.15) is 13.2 Å². The van der Waals surface area contributed by atoms with Gasteiger partial charge in [-0.05, 0) is 43.7 Å². The monoisotopic (exact) mass is 326 g/mol. The zero-order valence-electron chi connectivity index (χ0n) is 13.6. The van der Waals surface area contributed by atoms with Crippen molar-refractivity contribution in [3.05, 3.63) is 58.7 Å². The maximum Gasteiger partial charge on any atom is 0.338 e. The van der Waals surface area contributed by atoms with Gasteiger partial charge in [-0.1, -0.05) is 17.7 Å². The first-order chi connectivity index (χ1) is 11.5. The Labute approximate surface area is 140 Å². The standard InChI is InChI=1S/C19H18O5/c1-12-3-4-13(2)15(9-12)19(21)24-11-16(20)14-5-6-17-18(10-14)23-8-7-22-17/h3-6,9-10H,7-8,11H2,1-2H3. The van der Waals surface area contributed by atoms with E-state index >= 15 is 0 Å². The first-order valence-electron chi connectivity index (χ1n) is 7.72. The lowest BCUT2D eigenvalue weighted by molar-refractivity contribution is 0.0473. The number of hydrogen-bond donors (Lipinski definition) is 0. The van der Waals surface area contributed by atoms with E-state index in [4.69, 9.17) is 14.2 Å². The zero-order chi connectivity index (χ0) is 17.1. The Kier molecular flexibility index (Phi) is 4.51. The van der Waals surface area contributed by atoms with Crippen LogP contribution in [0.3, 0.4) is 0 Å². The lowest BCUT2D eigenvalue weighted by atomic mass is 10.1. The number of ketones is 1. The van der Waals surface area contributed by atoms with Crippen molar-refractivity contribution in [2.75, 3.05) is 19.8 Å². The van der Waals surface area contributed by atoms with E-state index in [2.05, 4.69) is 0 Å². The Bertz CT molecular complexity index is 794. The molecule has 5 nitrogen and oxygen atoms in total. The van der Waals surface area contributed by atoms with Gasteiger partial charge in [-0.25, -0.2) is 4.79 Å². The van der Waals surface area contributed by atoms with Crippen LogP contribution in [-0.2, 0) is 4.74 Å². The lowest BCUT2D eigenvalue weighted by Gasteiger charge is -2.18. The van der Waals surface area contributed by atoms with E-state index in [1.165, 1.54) is 0 Å². The van der Waals surface area contributed by atoms with Crippen LogP contribution in [0.15, 0.2) is 36.4 Å². The molecule has 0 radical (unpaired) electrons. The van der Waals surface area contributed by atoms with Crippen molar-refractivity contribution in [3.63, 3.8) is 0 Å². The van der Waals surface area contributed by atoms with E-state index in [0.29, 0.717) is 35.8 Å². The summed E-state index contributed by atoms with van der Waals surface area (Å²) < 4.78 is 16.0. The number of benzene rings is 2. The zero-order valence-corrected chi connectivity index (χ0v) is 13.6. The van der Waals surface area contributed by atoms with Crippen LogP contribution in [0.1, 0.15) is 31.8 Å². The molecule has 0 aliphatic carbocycles. The number of aryl methyl sites for hydroxylation is 2. The molecule has 0 aromatic heterocycles. The predicted octanol–water partition coefficient (Wildman–Crippen LogP) is 3.11. The number of rotatable bonds is 4. The number of carbonyl (C=O) groups excluding carboxylic acids is 2. The highest BCUT2D eigenvalue weighted by atomic mass is 16.6. The molecule has 1 aliphatic rings. The van der Waals surface area contributed by atoms with Crippen LogP contribution in [0.25, 0.3) is 0 Å². The van der Waals surface area contributed by atoms with Gasteiger partial charge in [0, 0.05) is 5.56 Å². The van der Waals surface area contributed by atoms with E-state index in [9.17, 15) is 9.59 Å². The molecule has 0 fully saturated rings. The molecule has 3 rings (SSSR count). The lowest BCUT2D eigenvalue weighted by Crippen LogP contribution is -2.17. The minimum Gasteiger partial charge on any atom is -0.486 e. The van der Waals surface area contributed by atoms with Crippen molar-refractivity contribution in [1.29, 1.82) is 0 Å². The fourth-order valence-corrected chi connectivity index (χ4v) is 2.46. The molecule has 0 N–H and O–H groups in total. The van der Waals surface area contributed by atoms with Crippen molar-refractivity contribution in [3.8, 4) is 11.5 Å². The van der Waals surface area contributed by atoms with E-state index in [1.54, 1.807) is 24.3 Å². The highest BCUT2D eigenvalue weighted by Crippen LogP contribution is 2.30. The van der Waals surface area contributed by atoms with Crippen LogP contribution in [0.4, 0.5) is 0 Å². The largest absolute Gasteiger partial charge is 0.486 e. The Balaban J connectivity index is 1.67. The topological polar surface area (TPSA) is 61.8 Å². The molecule has 0 bridgehead atoms. The van der Waals surface area contributed by atoms with Crippen LogP contribution in [0.2, 0.25) is 0 Å². The summed E-state index contributed by atoms with van der Waals surface area (Å²) in [7, 11) is 0. The quantitative estimate of drug-likeness (QED) is 0.638. The summed E-state index contributed by atoms with van der Waals surface area (Å²) in [6, 6.07) is 10.5. The summed E-state index contributed by atoms with van der Waals surface area (Å²) in [5, 5.41) is 0. The van der Waals surface area contributed by atoms with Crippen LogP contribution in [0, 0.1) is 13.8 Å². The minimum atomic E-state index is -0.498. The second-order valence-corrected chi connectivity index (χ2v) is 5.68. The Morgan fingerprint density at radius 2 is 1.75 bits per heavy atom. The first kappa shape index (κ1) is 16.1. The van der Waals surface area contributed by atoms with Crippen molar-refractivity contribution in [1.82, 2.24) is 0 Å². The molecule has 5 heteroatoms. The van der Waals surface area contributed by atoms with Gasteiger partial charge < -0.3 is 14.2 Å². The molecule has 2 aromatic rings. The molecule has 0 atom stereocenters. The number of carbonyl (C=O) groups is 2. The van der Waals surface area contributed by atoms with E-state index < -0.39 is 5.97 Å². The molecule has 1 aliphatic heterocycles. The molecule has 24 heavy (non-hydrogen) atoms. The Morgan fingerprint density at radius 3 is 2.54 bits per heavy atom. The van der Waals surface area contributed by atoms with Crippen molar-refractivity contribution in [2.24, 2.45) is 0 Å². The van der Waals surface area contributed by atoms with Crippen LogP contribution in [-0.4, -0.2) is 31.6 Å². The fourth-order valence-electron chi connectivity index (χ4n) is 2.46. The van der Waals surface area contributed by atoms with Gasteiger partial charge in [0.15, 0.2) is 23.9 Å². The second-order valence-electron chi connectivity index (χ2n) is 5.68. The number of fused-ring (bicyclic) bond motifs is 1. The SMILES string of the molecule is Cc1ccc(C)c(C(=O)OCC(=O)c2ccc3c(c2)OCCO3)c1. The van der Waals surface area contributed by atoms with Crippen molar-refractivity contribution < 1.29 is 23.8 Å². The average molecular weight is 326 g/mol. The normalized spacial score (nSPS) is 12.6. The van der Waals surface area contributed by atoms with E-state index in [1.807, 2.05) is 26.0 Å². The molecule has 0 spiro atoms. The molecule has 0 saturated heterocycles. The molecular formula is C19H18O5. The van der Waals surface area contributed by atoms with Gasteiger partial charge in [-0.3, -0.25) is 4.79 Å². The Morgan fingerprint density at radius 1 is 1.00 bits per heavy atom. The van der Waals surface area contributed by atoms with Gasteiger partial charge in [-0.15, -0.1) is 0 Å².